The van der Waals surface area contributed by atoms with Crippen LogP contribution in [0.5, 0.6) is 0 Å². The largest absolute Gasteiger partial charge is 0.480 e. The third-order valence-electron chi connectivity index (χ3n) is 6.00. The van der Waals surface area contributed by atoms with Gasteiger partial charge in [-0.05, 0) is 25.2 Å². The number of ether oxygens (including phenoxy) is 1. The van der Waals surface area contributed by atoms with E-state index in [1.807, 2.05) is 14.7 Å². The Morgan fingerprint density at radius 1 is 1.14 bits per heavy atom. The number of nitrogens with two attached hydrogens (primary N) is 1. The number of carbonyl (C=O) groups is 2. The number of amides is 1. The van der Waals surface area contributed by atoms with E-state index in [0.717, 1.165) is 58.5 Å². The minimum atomic E-state index is -0.791. The normalized spacial score (nSPS) is 25.1. The Labute approximate surface area is 165 Å². The molecule has 3 aliphatic heterocycles. The molecule has 10 nitrogen and oxygen atoms in total. The number of piperidine rings is 1. The van der Waals surface area contributed by atoms with Gasteiger partial charge in [0.1, 0.15) is 6.10 Å². The van der Waals surface area contributed by atoms with Crippen LogP contribution in [-0.2, 0) is 9.53 Å². The molecule has 3 fully saturated rings. The van der Waals surface area contributed by atoms with Crippen LogP contribution in [0.15, 0.2) is 0 Å². The molecule has 3 heterocycles. The minimum Gasteiger partial charge on any atom is -0.480 e. The van der Waals surface area contributed by atoms with Gasteiger partial charge in [-0.25, -0.2) is 4.79 Å². The molecule has 0 saturated carbocycles. The first-order valence-corrected chi connectivity index (χ1v) is 10.1. The lowest BCUT2D eigenvalue weighted by Crippen LogP contribution is -2.50. The zero-order valence-electron chi connectivity index (χ0n) is 16.4. The first kappa shape index (κ1) is 20.7. The van der Waals surface area contributed by atoms with Crippen LogP contribution < -0.4 is 5.73 Å². The number of rotatable bonds is 7. The Hall–Kier alpha value is -2.07. The Kier molecular flexibility index (Phi) is 6.95. The van der Waals surface area contributed by atoms with E-state index in [4.69, 9.17) is 21.0 Å². The van der Waals surface area contributed by atoms with Crippen molar-refractivity contribution in [1.82, 2.24) is 19.6 Å². The summed E-state index contributed by atoms with van der Waals surface area (Å²) in [4.78, 5) is 30.8. The molecular formula is C18H32N6O4. The molecule has 0 aromatic heterocycles. The molecule has 158 valence electrons. The third-order valence-corrected chi connectivity index (χ3v) is 6.00. The van der Waals surface area contributed by atoms with Crippen molar-refractivity contribution in [3.05, 3.63) is 0 Å². The second kappa shape index (κ2) is 9.42. The van der Waals surface area contributed by atoms with Crippen molar-refractivity contribution in [2.75, 3.05) is 65.4 Å². The zero-order valence-corrected chi connectivity index (χ0v) is 16.4. The fraction of sp³-hybridized carbons (Fsp3) is 0.833. The van der Waals surface area contributed by atoms with Gasteiger partial charge in [-0.3, -0.25) is 20.0 Å². The number of carbonyl (C=O) groups excluding carboxylic acids is 1. The van der Waals surface area contributed by atoms with E-state index in [2.05, 4.69) is 4.90 Å². The summed E-state index contributed by atoms with van der Waals surface area (Å²) >= 11 is 0. The number of carboxylic acids is 1. The van der Waals surface area contributed by atoms with Crippen LogP contribution >= 0.6 is 0 Å². The minimum absolute atomic E-state index is 0.0887. The summed E-state index contributed by atoms with van der Waals surface area (Å²) in [5, 5.41) is 16.4. The van der Waals surface area contributed by atoms with Crippen molar-refractivity contribution >= 4 is 18.0 Å². The van der Waals surface area contributed by atoms with Gasteiger partial charge in [-0.15, -0.1) is 0 Å². The van der Waals surface area contributed by atoms with Gasteiger partial charge in [0.05, 0.1) is 13.1 Å². The molecular weight excluding hydrogens is 364 g/mol. The maximum absolute atomic E-state index is 12.2. The first-order valence-electron chi connectivity index (χ1n) is 10.1. The smallest absolute Gasteiger partial charge is 0.410 e. The number of piperazine rings is 1. The number of cyclic esters (lactones) is 1. The predicted molar refractivity (Wildman–Crippen MR) is 103 cm³/mol. The van der Waals surface area contributed by atoms with Crippen molar-refractivity contribution in [2.45, 2.75) is 25.4 Å². The third kappa shape index (κ3) is 5.71. The van der Waals surface area contributed by atoms with E-state index < -0.39 is 5.97 Å². The Morgan fingerprint density at radius 3 is 2.39 bits per heavy atom. The number of likely N-dealkylation sites (tertiary alicyclic amines) is 1. The molecule has 4 N–H and O–H groups in total. The van der Waals surface area contributed by atoms with Crippen molar-refractivity contribution in [1.29, 1.82) is 5.41 Å². The van der Waals surface area contributed by atoms with Crippen molar-refractivity contribution in [3.63, 3.8) is 0 Å². The summed E-state index contributed by atoms with van der Waals surface area (Å²) in [7, 11) is 0. The summed E-state index contributed by atoms with van der Waals surface area (Å²) in [6.07, 6.45) is 2.63. The molecule has 3 aliphatic rings. The number of hydrogen-bond donors (Lipinski definition) is 3. The molecule has 0 bridgehead atoms. The summed E-state index contributed by atoms with van der Waals surface area (Å²) < 4.78 is 5.54. The molecule has 1 unspecified atom stereocenters. The second-order valence-corrected chi connectivity index (χ2v) is 8.03. The van der Waals surface area contributed by atoms with E-state index >= 15 is 0 Å². The standard InChI is InChI=1S/C18H32N6O4/c19-17(20)23-4-1-14(2-5-23)3-6-24-12-15(28-18(24)27)11-21-7-9-22(10-8-21)13-16(25)26/h14-15H,1-13H2,(H3,19,20)(H,25,26). The van der Waals surface area contributed by atoms with Crippen LogP contribution in [0, 0.1) is 11.3 Å². The summed E-state index contributed by atoms with van der Waals surface area (Å²) in [6.45, 7) is 6.84. The number of nitrogens with one attached hydrogen (secondary N) is 1. The van der Waals surface area contributed by atoms with E-state index in [9.17, 15) is 9.59 Å². The highest BCUT2D eigenvalue weighted by Gasteiger charge is 2.33. The number of guanidine groups is 1. The van der Waals surface area contributed by atoms with Gasteiger partial charge < -0.3 is 25.4 Å². The highest BCUT2D eigenvalue weighted by atomic mass is 16.6. The molecule has 0 aromatic carbocycles. The highest BCUT2D eigenvalue weighted by Crippen LogP contribution is 2.22. The van der Waals surface area contributed by atoms with Gasteiger partial charge >= 0.3 is 12.1 Å². The molecule has 3 rings (SSSR count). The van der Waals surface area contributed by atoms with E-state index in [1.54, 1.807) is 0 Å². The van der Waals surface area contributed by atoms with E-state index in [0.29, 0.717) is 25.6 Å². The topological polar surface area (TPSA) is 126 Å². The fourth-order valence-corrected chi connectivity index (χ4v) is 4.26. The lowest BCUT2D eigenvalue weighted by molar-refractivity contribution is -0.138. The number of carboxylic acid groups (broad SMARTS) is 1. The maximum atomic E-state index is 12.2. The van der Waals surface area contributed by atoms with E-state index in [1.165, 1.54) is 0 Å². The number of hydrogen-bond acceptors (Lipinski definition) is 6. The molecule has 3 saturated heterocycles. The van der Waals surface area contributed by atoms with Crippen molar-refractivity contribution < 1.29 is 19.4 Å². The Morgan fingerprint density at radius 2 is 1.79 bits per heavy atom. The highest BCUT2D eigenvalue weighted by molar-refractivity contribution is 5.74. The lowest BCUT2D eigenvalue weighted by atomic mass is 9.93. The quantitative estimate of drug-likeness (QED) is 0.389. The van der Waals surface area contributed by atoms with Gasteiger partial charge in [0.2, 0.25) is 0 Å². The molecule has 0 aliphatic carbocycles. The van der Waals surface area contributed by atoms with Crippen LogP contribution in [0.3, 0.4) is 0 Å². The molecule has 1 amide bonds. The van der Waals surface area contributed by atoms with Crippen molar-refractivity contribution in [2.24, 2.45) is 11.7 Å². The fourth-order valence-electron chi connectivity index (χ4n) is 4.26. The average Bonchev–Trinajstić information content (AvgIpc) is 3.00. The number of aliphatic carboxylic acids is 1. The molecule has 0 aromatic rings. The average molecular weight is 396 g/mol. The predicted octanol–water partition coefficient (Wildman–Crippen LogP) is -0.495. The molecule has 28 heavy (non-hydrogen) atoms. The van der Waals surface area contributed by atoms with E-state index in [-0.39, 0.29) is 24.7 Å². The lowest BCUT2D eigenvalue weighted by Gasteiger charge is -2.34. The van der Waals surface area contributed by atoms with Gasteiger partial charge in [0.15, 0.2) is 5.96 Å². The zero-order chi connectivity index (χ0) is 20.1. The SMILES string of the molecule is N=C(N)N1CCC(CCN2CC(CN3CCN(CC(=O)O)CC3)OC2=O)CC1. The molecule has 0 spiro atoms. The summed E-state index contributed by atoms with van der Waals surface area (Å²) in [5.41, 5.74) is 5.53. The van der Waals surface area contributed by atoms with Crippen LogP contribution in [-0.4, -0.2) is 114 Å². The van der Waals surface area contributed by atoms with Gasteiger partial charge in [-0.2, -0.15) is 0 Å². The maximum Gasteiger partial charge on any atom is 0.410 e. The van der Waals surface area contributed by atoms with Crippen LogP contribution in [0.25, 0.3) is 0 Å². The molecule has 1 atom stereocenters. The molecule has 10 heteroatoms. The first-order chi connectivity index (χ1) is 13.4. The monoisotopic (exact) mass is 396 g/mol. The number of nitrogens with zero attached hydrogens (tertiary/aromatic N) is 4. The van der Waals surface area contributed by atoms with Crippen LogP contribution in [0.1, 0.15) is 19.3 Å². The van der Waals surface area contributed by atoms with Gasteiger partial charge in [0, 0.05) is 52.4 Å². The van der Waals surface area contributed by atoms with Crippen LogP contribution in [0.4, 0.5) is 4.79 Å². The van der Waals surface area contributed by atoms with Crippen molar-refractivity contribution in [3.8, 4) is 0 Å². The Bertz CT molecular complexity index is 572. The Balaban J connectivity index is 1.34. The van der Waals surface area contributed by atoms with Gasteiger partial charge in [0.25, 0.3) is 0 Å². The summed E-state index contributed by atoms with van der Waals surface area (Å²) in [6, 6.07) is 0. The van der Waals surface area contributed by atoms with Gasteiger partial charge in [-0.1, -0.05) is 0 Å². The molecule has 0 radical (unpaired) electrons. The van der Waals surface area contributed by atoms with Crippen LogP contribution in [0.2, 0.25) is 0 Å². The second-order valence-electron chi connectivity index (χ2n) is 8.03. The summed E-state index contributed by atoms with van der Waals surface area (Å²) in [5.74, 6) is -0.0845.